The van der Waals surface area contributed by atoms with Crippen molar-refractivity contribution >= 4 is 0 Å². The molecule has 0 aliphatic carbocycles. The van der Waals surface area contributed by atoms with Gasteiger partial charge in [0.2, 0.25) is 0 Å². The van der Waals surface area contributed by atoms with E-state index in [2.05, 4.69) is 51.2 Å². The van der Waals surface area contributed by atoms with Gasteiger partial charge >= 0.3 is 0 Å². The topological polar surface area (TPSA) is 21.3 Å². The van der Waals surface area contributed by atoms with E-state index < -0.39 is 0 Å². The van der Waals surface area contributed by atoms with Gasteiger partial charge in [-0.3, -0.25) is 0 Å². The molecule has 16 heavy (non-hydrogen) atoms. The first kappa shape index (κ1) is 13.0. The van der Waals surface area contributed by atoms with Crippen molar-refractivity contribution in [3.05, 3.63) is 29.3 Å². The second-order valence-electron chi connectivity index (χ2n) is 4.70. The van der Waals surface area contributed by atoms with Gasteiger partial charge in [0.25, 0.3) is 0 Å². The van der Waals surface area contributed by atoms with Gasteiger partial charge < -0.3 is 10.1 Å². The second-order valence-corrected chi connectivity index (χ2v) is 4.70. The summed E-state index contributed by atoms with van der Waals surface area (Å²) in [6, 6.07) is 6.81. The minimum atomic E-state index is 0.375. The molecular formula is C14H23NO. The molecule has 0 spiro atoms. The lowest BCUT2D eigenvalue weighted by Crippen LogP contribution is -2.28. The highest BCUT2D eigenvalue weighted by Gasteiger charge is 2.09. The summed E-state index contributed by atoms with van der Waals surface area (Å²) in [4.78, 5) is 0. The van der Waals surface area contributed by atoms with Crippen LogP contribution in [0.4, 0.5) is 0 Å². The third kappa shape index (κ3) is 3.53. The Hall–Kier alpha value is -1.02. The molecule has 0 radical (unpaired) electrons. The highest BCUT2D eigenvalue weighted by atomic mass is 16.5. The number of benzene rings is 1. The van der Waals surface area contributed by atoms with Gasteiger partial charge in [-0.05, 0) is 44.0 Å². The number of likely N-dealkylation sites (N-methyl/N-ethyl adjacent to an activating group) is 1. The summed E-state index contributed by atoms with van der Waals surface area (Å²) in [6.07, 6.45) is 0. The van der Waals surface area contributed by atoms with Crippen molar-refractivity contribution in [2.45, 2.75) is 39.7 Å². The molecule has 1 unspecified atom stereocenters. The highest BCUT2D eigenvalue weighted by molar-refractivity contribution is 5.39. The predicted octanol–water partition coefficient (Wildman–Crippen LogP) is 3.11. The Balaban J connectivity index is 2.80. The molecule has 1 N–H and O–H groups in total. The van der Waals surface area contributed by atoms with Gasteiger partial charge in [-0.2, -0.15) is 0 Å². The molecular weight excluding hydrogens is 198 g/mol. The fourth-order valence-electron chi connectivity index (χ4n) is 1.54. The van der Waals surface area contributed by atoms with Crippen LogP contribution >= 0.6 is 0 Å². The summed E-state index contributed by atoms with van der Waals surface area (Å²) in [5.41, 5.74) is 2.53. The summed E-state index contributed by atoms with van der Waals surface area (Å²) in [6.45, 7) is 9.31. The molecule has 0 bridgehead atoms. The largest absolute Gasteiger partial charge is 0.492 e. The molecule has 0 aromatic heterocycles. The fourth-order valence-corrected chi connectivity index (χ4v) is 1.54. The normalized spacial score (nSPS) is 12.9. The van der Waals surface area contributed by atoms with Crippen molar-refractivity contribution in [3.8, 4) is 5.75 Å². The maximum Gasteiger partial charge on any atom is 0.123 e. The smallest absolute Gasteiger partial charge is 0.123 e. The van der Waals surface area contributed by atoms with Gasteiger partial charge in [-0.25, -0.2) is 0 Å². The van der Waals surface area contributed by atoms with Crippen LogP contribution in [0, 0.1) is 6.92 Å². The second kappa shape index (κ2) is 5.90. The van der Waals surface area contributed by atoms with E-state index in [1.54, 1.807) is 0 Å². The van der Waals surface area contributed by atoms with E-state index in [1.807, 2.05) is 7.05 Å². The van der Waals surface area contributed by atoms with E-state index in [0.29, 0.717) is 18.6 Å². The summed E-state index contributed by atoms with van der Waals surface area (Å²) in [5, 5.41) is 3.17. The summed E-state index contributed by atoms with van der Waals surface area (Å²) in [7, 11) is 1.95. The minimum absolute atomic E-state index is 0.375. The quantitative estimate of drug-likeness (QED) is 0.825. The van der Waals surface area contributed by atoms with Gasteiger partial charge in [-0.1, -0.05) is 26.0 Å². The summed E-state index contributed by atoms with van der Waals surface area (Å²) >= 11 is 0. The van der Waals surface area contributed by atoms with Gasteiger partial charge in [0, 0.05) is 6.04 Å². The van der Waals surface area contributed by atoms with Crippen LogP contribution in [-0.4, -0.2) is 19.7 Å². The highest BCUT2D eigenvalue weighted by Crippen LogP contribution is 2.27. The molecule has 1 rings (SSSR count). The van der Waals surface area contributed by atoms with Crippen LogP contribution in [-0.2, 0) is 0 Å². The van der Waals surface area contributed by atoms with E-state index in [-0.39, 0.29) is 0 Å². The average molecular weight is 221 g/mol. The Morgan fingerprint density at radius 2 is 1.94 bits per heavy atom. The average Bonchev–Trinajstić information content (AvgIpc) is 2.25. The zero-order valence-electron chi connectivity index (χ0n) is 11.0. The van der Waals surface area contributed by atoms with Gasteiger partial charge in [0.05, 0.1) is 0 Å². The lowest BCUT2D eigenvalue weighted by atomic mass is 10.0. The standard InChI is InChI=1S/C14H23NO/c1-10(2)13-7-6-11(3)8-14(13)16-9-12(4)15-5/h6-8,10,12,15H,9H2,1-5H3. The zero-order chi connectivity index (χ0) is 12.1. The molecule has 0 saturated carbocycles. The molecule has 1 aromatic carbocycles. The first-order valence-electron chi connectivity index (χ1n) is 5.95. The molecule has 0 heterocycles. The fraction of sp³-hybridized carbons (Fsp3) is 0.571. The lowest BCUT2D eigenvalue weighted by molar-refractivity contribution is 0.276. The summed E-state index contributed by atoms with van der Waals surface area (Å²) < 4.78 is 5.87. The van der Waals surface area contributed by atoms with E-state index in [0.717, 1.165) is 5.75 Å². The van der Waals surface area contributed by atoms with E-state index in [9.17, 15) is 0 Å². The molecule has 90 valence electrons. The van der Waals surface area contributed by atoms with Crippen molar-refractivity contribution in [3.63, 3.8) is 0 Å². The van der Waals surface area contributed by atoms with Gasteiger partial charge in [-0.15, -0.1) is 0 Å². The number of ether oxygens (including phenoxy) is 1. The van der Waals surface area contributed by atoms with Crippen LogP contribution in [0.1, 0.15) is 37.8 Å². The maximum atomic E-state index is 5.87. The predicted molar refractivity (Wildman–Crippen MR) is 69.3 cm³/mol. The monoisotopic (exact) mass is 221 g/mol. The van der Waals surface area contributed by atoms with Crippen molar-refractivity contribution < 1.29 is 4.74 Å². The Kier molecular flexibility index (Phi) is 4.81. The van der Waals surface area contributed by atoms with E-state index >= 15 is 0 Å². The van der Waals surface area contributed by atoms with Crippen LogP contribution in [0.25, 0.3) is 0 Å². The third-order valence-corrected chi connectivity index (χ3v) is 2.77. The maximum absolute atomic E-state index is 5.87. The van der Waals surface area contributed by atoms with Crippen molar-refractivity contribution in [1.82, 2.24) is 5.32 Å². The van der Waals surface area contributed by atoms with E-state index in [1.165, 1.54) is 11.1 Å². The third-order valence-electron chi connectivity index (χ3n) is 2.77. The molecule has 0 fully saturated rings. The van der Waals surface area contributed by atoms with Gasteiger partial charge in [0.15, 0.2) is 0 Å². The van der Waals surface area contributed by atoms with Crippen molar-refractivity contribution in [1.29, 1.82) is 0 Å². The van der Waals surface area contributed by atoms with Crippen LogP contribution in [0.2, 0.25) is 0 Å². The van der Waals surface area contributed by atoms with Crippen molar-refractivity contribution in [2.24, 2.45) is 0 Å². The SMILES string of the molecule is CNC(C)COc1cc(C)ccc1C(C)C. The molecule has 2 heteroatoms. The van der Waals surface area contributed by atoms with Crippen LogP contribution in [0.5, 0.6) is 5.75 Å². The molecule has 0 saturated heterocycles. The number of hydrogen-bond acceptors (Lipinski definition) is 2. The molecule has 0 amide bonds. The minimum Gasteiger partial charge on any atom is -0.492 e. The van der Waals surface area contributed by atoms with E-state index in [4.69, 9.17) is 4.74 Å². The van der Waals surface area contributed by atoms with Crippen LogP contribution < -0.4 is 10.1 Å². The number of nitrogens with one attached hydrogen (secondary N) is 1. The molecule has 0 aliphatic heterocycles. The molecule has 1 atom stereocenters. The zero-order valence-corrected chi connectivity index (χ0v) is 11.0. The number of aryl methyl sites for hydroxylation is 1. The van der Waals surface area contributed by atoms with Crippen molar-refractivity contribution in [2.75, 3.05) is 13.7 Å². The molecule has 2 nitrogen and oxygen atoms in total. The molecule has 0 aliphatic rings. The summed E-state index contributed by atoms with van der Waals surface area (Å²) in [5.74, 6) is 1.53. The molecule has 1 aromatic rings. The first-order valence-corrected chi connectivity index (χ1v) is 5.95. The van der Waals surface area contributed by atoms with Crippen LogP contribution in [0.3, 0.4) is 0 Å². The van der Waals surface area contributed by atoms with Crippen LogP contribution in [0.15, 0.2) is 18.2 Å². The number of hydrogen-bond donors (Lipinski definition) is 1. The Morgan fingerprint density at radius 3 is 2.50 bits per heavy atom. The lowest BCUT2D eigenvalue weighted by Gasteiger charge is -2.17. The Bertz CT molecular complexity index is 334. The Morgan fingerprint density at radius 1 is 1.25 bits per heavy atom. The number of rotatable bonds is 5. The first-order chi connectivity index (χ1) is 7.54. The van der Waals surface area contributed by atoms with Gasteiger partial charge in [0.1, 0.15) is 12.4 Å². The Labute approximate surface area is 99.0 Å².